The highest BCUT2D eigenvalue weighted by atomic mass is 16.2. The number of likely N-dealkylation sites (tertiary alicyclic amines) is 1. The van der Waals surface area contributed by atoms with Crippen LogP contribution in [0.25, 0.3) is 0 Å². The van der Waals surface area contributed by atoms with Crippen molar-refractivity contribution in [1.29, 1.82) is 0 Å². The largest absolute Gasteiger partial charge is 0.341 e. The van der Waals surface area contributed by atoms with Crippen LogP contribution in [-0.2, 0) is 4.79 Å². The number of carbonyl (C=O) groups excluding carboxylic acids is 1. The number of nitrogens with zero attached hydrogens (tertiary/aromatic N) is 1. The van der Waals surface area contributed by atoms with E-state index in [0.29, 0.717) is 5.91 Å². The number of rotatable bonds is 3. The van der Waals surface area contributed by atoms with Crippen LogP contribution in [-0.4, -0.2) is 37.0 Å². The van der Waals surface area contributed by atoms with Crippen molar-refractivity contribution in [3.8, 4) is 0 Å². The summed E-state index contributed by atoms with van der Waals surface area (Å²) in [6, 6.07) is 0.0809. The van der Waals surface area contributed by atoms with Crippen molar-refractivity contribution in [1.82, 2.24) is 10.2 Å². The zero-order valence-electron chi connectivity index (χ0n) is 10.4. The smallest absolute Gasteiger partial charge is 0.239 e. The molecule has 0 radical (unpaired) electrons. The van der Waals surface area contributed by atoms with E-state index in [4.69, 9.17) is 0 Å². The fourth-order valence-electron chi connectivity index (χ4n) is 3.07. The maximum atomic E-state index is 12.1. The topological polar surface area (TPSA) is 32.3 Å². The van der Waals surface area contributed by atoms with Crippen LogP contribution in [0.4, 0.5) is 0 Å². The molecule has 2 rings (SSSR count). The highest BCUT2D eigenvalue weighted by Crippen LogP contribution is 2.25. The summed E-state index contributed by atoms with van der Waals surface area (Å²) in [5.74, 6) is 1.10. The molecule has 0 aromatic heterocycles. The van der Waals surface area contributed by atoms with Gasteiger partial charge in [0.15, 0.2) is 0 Å². The molecule has 16 heavy (non-hydrogen) atoms. The Balaban J connectivity index is 1.85. The summed E-state index contributed by atoms with van der Waals surface area (Å²) in [6.07, 6.45) is 8.94. The van der Waals surface area contributed by atoms with Crippen molar-refractivity contribution in [2.75, 3.05) is 20.1 Å². The maximum absolute atomic E-state index is 12.1. The first-order valence-electron chi connectivity index (χ1n) is 6.77. The number of likely N-dealkylation sites (N-methyl/N-ethyl adjacent to an activating group) is 1. The quantitative estimate of drug-likeness (QED) is 0.792. The third-order valence-electron chi connectivity index (χ3n) is 4.08. The molecule has 0 spiro atoms. The van der Waals surface area contributed by atoms with Gasteiger partial charge in [-0.25, -0.2) is 0 Å². The molecule has 1 N–H and O–H groups in total. The summed E-state index contributed by atoms with van der Waals surface area (Å²) in [4.78, 5) is 14.2. The molecule has 3 heteroatoms. The third kappa shape index (κ3) is 2.76. The van der Waals surface area contributed by atoms with Gasteiger partial charge >= 0.3 is 0 Å². The van der Waals surface area contributed by atoms with E-state index in [2.05, 4.69) is 10.2 Å². The summed E-state index contributed by atoms with van der Waals surface area (Å²) < 4.78 is 0. The zero-order valence-corrected chi connectivity index (χ0v) is 10.4. The second kappa shape index (κ2) is 5.67. The third-order valence-corrected chi connectivity index (χ3v) is 4.08. The lowest BCUT2D eigenvalue weighted by Gasteiger charge is -2.35. The van der Waals surface area contributed by atoms with Crippen LogP contribution in [0, 0.1) is 5.92 Å². The van der Waals surface area contributed by atoms with Crippen LogP contribution in [0.1, 0.15) is 44.9 Å². The van der Waals surface area contributed by atoms with Crippen LogP contribution in [0.15, 0.2) is 0 Å². The average molecular weight is 224 g/mol. The Kier molecular flexibility index (Phi) is 4.22. The van der Waals surface area contributed by atoms with Crippen molar-refractivity contribution in [2.24, 2.45) is 5.92 Å². The minimum absolute atomic E-state index is 0.0809. The second-order valence-corrected chi connectivity index (χ2v) is 5.27. The van der Waals surface area contributed by atoms with Gasteiger partial charge in [0.25, 0.3) is 0 Å². The minimum atomic E-state index is 0.0809. The summed E-state index contributed by atoms with van der Waals surface area (Å²) in [5, 5.41) is 3.13. The van der Waals surface area contributed by atoms with E-state index in [0.717, 1.165) is 31.8 Å². The van der Waals surface area contributed by atoms with Crippen LogP contribution in [0.5, 0.6) is 0 Å². The lowest BCUT2D eigenvalue weighted by atomic mass is 9.88. The first kappa shape index (κ1) is 11.9. The van der Waals surface area contributed by atoms with E-state index >= 15 is 0 Å². The Morgan fingerprint density at radius 1 is 1.19 bits per heavy atom. The van der Waals surface area contributed by atoms with Crippen molar-refractivity contribution in [3.05, 3.63) is 0 Å². The normalized spacial score (nSPS) is 28.4. The number of carbonyl (C=O) groups is 1. The van der Waals surface area contributed by atoms with Crippen molar-refractivity contribution in [2.45, 2.75) is 51.0 Å². The molecule has 1 aliphatic carbocycles. The van der Waals surface area contributed by atoms with Crippen molar-refractivity contribution >= 4 is 5.91 Å². The van der Waals surface area contributed by atoms with Crippen LogP contribution in [0.2, 0.25) is 0 Å². The highest BCUT2D eigenvalue weighted by molar-refractivity contribution is 5.82. The summed E-state index contributed by atoms with van der Waals surface area (Å²) >= 11 is 0. The van der Waals surface area contributed by atoms with Gasteiger partial charge in [-0.15, -0.1) is 0 Å². The van der Waals surface area contributed by atoms with Crippen LogP contribution in [0.3, 0.4) is 0 Å². The van der Waals surface area contributed by atoms with Crippen molar-refractivity contribution in [3.63, 3.8) is 0 Å². The lowest BCUT2D eigenvalue weighted by Crippen LogP contribution is -2.51. The number of piperidine rings is 1. The molecule has 1 heterocycles. The van der Waals surface area contributed by atoms with Gasteiger partial charge in [0.05, 0.1) is 6.04 Å². The van der Waals surface area contributed by atoms with E-state index in [1.54, 1.807) is 0 Å². The molecule has 0 bridgehead atoms. The Labute approximate surface area is 98.6 Å². The zero-order chi connectivity index (χ0) is 11.4. The molecule has 92 valence electrons. The minimum Gasteiger partial charge on any atom is -0.341 e. The van der Waals surface area contributed by atoms with E-state index in [1.165, 1.54) is 32.1 Å². The van der Waals surface area contributed by atoms with Gasteiger partial charge in [-0.2, -0.15) is 0 Å². The molecular formula is C13H24N2O. The standard InChI is InChI=1S/C13H24N2O/c1-14-12-8-5-9-15(13(12)16)10-11-6-3-2-4-7-11/h11-12,14H,2-10H2,1H3. The molecule has 3 nitrogen and oxygen atoms in total. The van der Waals surface area contributed by atoms with Crippen LogP contribution < -0.4 is 5.32 Å². The van der Waals surface area contributed by atoms with E-state index in [1.807, 2.05) is 7.05 Å². The van der Waals surface area contributed by atoms with E-state index < -0.39 is 0 Å². The van der Waals surface area contributed by atoms with Gasteiger partial charge in [0, 0.05) is 13.1 Å². The Morgan fingerprint density at radius 2 is 1.94 bits per heavy atom. The lowest BCUT2D eigenvalue weighted by molar-refractivity contribution is -0.136. The second-order valence-electron chi connectivity index (χ2n) is 5.27. The molecule has 2 fully saturated rings. The van der Waals surface area contributed by atoms with Gasteiger partial charge in [0.2, 0.25) is 5.91 Å². The van der Waals surface area contributed by atoms with E-state index in [9.17, 15) is 4.79 Å². The Bertz CT molecular complexity index is 236. The summed E-state index contributed by atoms with van der Waals surface area (Å²) in [5.41, 5.74) is 0. The first-order chi connectivity index (χ1) is 7.81. The number of amides is 1. The average Bonchev–Trinajstić information content (AvgIpc) is 2.33. The van der Waals surface area contributed by atoms with Gasteiger partial charge < -0.3 is 10.2 Å². The molecular weight excluding hydrogens is 200 g/mol. The van der Waals surface area contributed by atoms with Gasteiger partial charge in [-0.1, -0.05) is 19.3 Å². The summed E-state index contributed by atoms with van der Waals surface area (Å²) in [6.45, 7) is 1.99. The van der Waals surface area contributed by atoms with E-state index in [-0.39, 0.29) is 6.04 Å². The predicted octanol–water partition coefficient (Wildman–Crippen LogP) is 1.78. The molecule has 1 saturated carbocycles. The molecule has 0 aromatic rings. The maximum Gasteiger partial charge on any atom is 0.239 e. The monoisotopic (exact) mass is 224 g/mol. The molecule has 1 saturated heterocycles. The molecule has 1 unspecified atom stereocenters. The molecule has 2 aliphatic rings. The number of hydrogen-bond donors (Lipinski definition) is 1. The molecule has 1 aliphatic heterocycles. The number of nitrogens with one attached hydrogen (secondary N) is 1. The van der Waals surface area contributed by atoms with Crippen LogP contribution >= 0.6 is 0 Å². The highest BCUT2D eigenvalue weighted by Gasteiger charge is 2.29. The molecule has 1 amide bonds. The fraction of sp³-hybridized carbons (Fsp3) is 0.923. The Morgan fingerprint density at radius 3 is 2.62 bits per heavy atom. The first-order valence-corrected chi connectivity index (χ1v) is 6.77. The van der Waals surface area contributed by atoms with Gasteiger partial charge in [-0.05, 0) is 38.6 Å². The van der Waals surface area contributed by atoms with Gasteiger partial charge in [0.1, 0.15) is 0 Å². The predicted molar refractivity (Wildman–Crippen MR) is 65.2 cm³/mol. The van der Waals surface area contributed by atoms with Gasteiger partial charge in [-0.3, -0.25) is 4.79 Å². The SMILES string of the molecule is CNC1CCCN(CC2CCCCC2)C1=O. The Hall–Kier alpha value is -0.570. The molecule has 1 atom stereocenters. The van der Waals surface area contributed by atoms with Crippen molar-refractivity contribution < 1.29 is 4.79 Å². The number of hydrogen-bond acceptors (Lipinski definition) is 2. The molecule has 0 aromatic carbocycles. The summed E-state index contributed by atoms with van der Waals surface area (Å²) in [7, 11) is 1.90. The fourth-order valence-corrected chi connectivity index (χ4v) is 3.07.